The second-order valence-corrected chi connectivity index (χ2v) is 13.4. The van der Waals surface area contributed by atoms with Gasteiger partial charge in [0, 0.05) is 30.9 Å². The number of fused-ring (bicyclic) bond motifs is 2. The first-order valence-electron chi connectivity index (χ1n) is 16.2. The highest BCUT2D eigenvalue weighted by Crippen LogP contribution is 2.36. The summed E-state index contributed by atoms with van der Waals surface area (Å²) in [5.41, 5.74) is 2.36. The first-order valence-corrected chi connectivity index (χ1v) is 16.2. The lowest BCUT2D eigenvalue weighted by atomic mass is 9.93. The van der Waals surface area contributed by atoms with E-state index in [2.05, 4.69) is 20.9 Å². The lowest BCUT2D eigenvalue weighted by molar-refractivity contribution is -0.125. The number of furan rings is 1. The molecule has 48 heavy (non-hydrogen) atoms. The van der Waals surface area contributed by atoms with Crippen molar-refractivity contribution in [2.45, 2.75) is 96.6 Å². The van der Waals surface area contributed by atoms with Gasteiger partial charge in [0.25, 0.3) is 0 Å². The minimum atomic E-state index is -1.00. The molecule has 13 nitrogen and oxygen atoms in total. The van der Waals surface area contributed by atoms with Crippen LogP contribution in [-0.2, 0) is 27.3 Å². The number of nitrogens with one attached hydrogen (secondary N) is 3. The number of aromatic nitrogens is 1. The largest absolute Gasteiger partial charge is 0.490 e. The van der Waals surface area contributed by atoms with E-state index in [1.54, 1.807) is 45.0 Å². The van der Waals surface area contributed by atoms with Crippen molar-refractivity contribution in [2.75, 3.05) is 12.4 Å². The number of ether oxygens (including phenoxy) is 2. The van der Waals surface area contributed by atoms with Crippen LogP contribution in [0.4, 0.5) is 15.4 Å². The zero-order valence-electron chi connectivity index (χ0n) is 27.9. The number of amides is 4. The number of anilines is 1. The minimum absolute atomic E-state index is 0.0244. The number of carboxylic acid groups (broad SMARTS) is 1. The molecule has 5 rings (SSSR count). The van der Waals surface area contributed by atoms with Gasteiger partial charge in [-0.3, -0.25) is 9.59 Å². The number of carbonyl (C=O) groups is 4. The fourth-order valence-electron chi connectivity index (χ4n) is 5.98. The number of hydrogen-bond acceptors (Lipinski definition) is 8. The van der Waals surface area contributed by atoms with E-state index >= 15 is 0 Å². The summed E-state index contributed by atoms with van der Waals surface area (Å²) in [5, 5.41) is 17.8. The van der Waals surface area contributed by atoms with Gasteiger partial charge in [0.05, 0.1) is 18.0 Å². The summed E-state index contributed by atoms with van der Waals surface area (Å²) in [6.45, 7) is 7.45. The first kappa shape index (κ1) is 34.3. The van der Waals surface area contributed by atoms with E-state index < -0.39 is 23.8 Å². The summed E-state index contributed by atoms with van der Waals surface area (Å²) in [7, 11) is 1.70. The Bertz CT molecular complexity index is 1720. The van der Waals surface area contributed by atoms with Gasteiger partial charge in [-0.1, -0.05) is 6.07 Å². The van der Waals surface area contributed by atoms with Gasteiger partial charge in [0.2, 0.25) is 11.8 Å². The molecular weight excluding hydrogens is 618 g/mol. The molecule has 1 aromatic carbocycles. The number of alkyl carbamates (subject to hydrolysis) is 1. The zero-order chi connectivity index (χ0) is 34.6. The molecule has 1 aliphatic heterocycles. The number of nitrogens with zero attached hydrogens (tertiary/aromatic N) is 2. The molecular formula is C35H43N5O8. The van der Waals surface area contributed by atoms with Crippen LogP contribution in [0.1, 0.15) is 75.3 Å². The van der Waals surface area contributed by atoms with Crippen molar-refractivity contribution in [2.24, 2.45) is 0 Å². The summed E-state index contributed by atoms with van der Waals surface area (Å²) in [6, 6.07) is 6.69. The van der Waals surface area contributed by atoms with Gasteiger partial charge in [-0.15, -0.1) is 0 Å². The number of hydrogen-bond donors (Lipinski definition) is 4. The fourth-order valence-corrected chi connectivity index (χ4v) is 5.98. The Morgan fingerprint density at radius 2 is 1.90 bits per heavy atom. The van der Waals surface area contributed by atoms with Crippen molar-refractivity contribution in [3.63, 3.8) is 0 Å². The molecule has 1 atom stereocenters. The smallest absolute Gasteiger partial charge is 0.408 e. The Morgan fingerprint density at radius 3 is 2.60 bits per heavy atom. The van der Waals surface area contributed by atoms with Crippen molar-refractivity contribution in [3.8, 4) is 5.75 Å². The van der Waals surface area contributed by atoms with Crippen molar-refractivity contribution >= 4 is 46.9 Å². The van der Waals surface area contributed by atoms with E-state index in [1.165, 1.54) is 6.08 Å². The van der Waals surface area contributed by atoms with Crippen molar-refractivity contribution in [1.29, 1.82) is 0 Å². The Morgan fingerprint density at radius 1 is 1.15 bits per heavy atom. The molecule has 1 aliphatic carbocycles. The van der Waals surface area contributed by atoms with Crippen LogP contribution < -0.4 is 20.7 Å². The second kappa shape index (κ2) is 14.4. The molecule has 0 saturated heterocycles. The van der Waals surface area contributed by atoms with Crippen molar-refractivity contribution in [1.82, 2.24) is 20.5 Å². The van der Waals surface area contributed by atoms with Crippen molar-refractivity contribution in [3.05, 3.63) is 59.0 Å². The Balaban J connectivity index is 1.19. The lowest BCUT2D eigenvalue weighted by Gasteiger charge is -2.29. The average Bonchev–Trinajstić information content (AvgIpc) is 3.24. The van der Waals surface area contributed by atoms with Crippen LogP contribution in [0, 0.1) is 6.92 Å². The Hall–Kier alpha value is -5.07. The van der Waals surface area contributed by atoms with Gasteiger partial charge in [-0.05, 0) is 102 Å². The van der Waals surface area contributed by atoms with Gasteiger partial charge >= 0.3 is 12.2 Å². The van der Waals surface area contributed by atoms with Crippen LogP contribution >= 0.6 is 0 Å². The Kier molecular flexibility index (Phi) is 10.3. The Labute approximate surface area is 279 Å². The molecule has 1 fully saturated rings. The third-order valence-corrected chi connectivity index (χ3v) is 8.42. The molecule has 3 heterocycles. The van der Waals surface area contributed by atoms with Crippen LogP contribution in [0.15, 0.2) is 41.0 Å². The van der Waals surface area contributed by atoms with Crippen molar-refractivity contribution < 1.29 is 38.2 Å². The highest BCUT2D eigenvalue weighted by atomic mass is 16.6. The van der Waals surface area contributed by atoms with Gasteiger partial charge in [-0.25, -0.2) is 14.6 Å². The molecule has 0 radical (unpaired) electrons. The normalized spacial score (nSPS) is 19.6. The second-order valence-electron chi connectivity index (χ2n) is 13.4. The van der Waals surface area contributed by atoms with E-state index in [0.717, 1.165) is 42.2 Å². The maximum absolute atomic E-state index is 13.1. The number of carbonyl (C=O) groups excluding carboxylic acids is 3. The third-order valence-electron chi connectivity index (χ3n) is 8.42. The molecule has 0 spiro atoms. The number of aryl methyl sites for hydroxylation is 2. The van der Waals surface area contributed by atoms with Crippen LogP contribution in [0.3, 0.4) is 0 Å². The van der Waals surface area contributed by atoms with Gasteiger partial charge in [-0.2, -0.15) is 0 Å². The van der Waals surface area contributed by atoms with E-state index in [-0.39, 0.29) is 30.5 Å². The monoisotopic (exact) mass is 661 g/mol. The molecule has 4 amide bonds. The predicted octanol–water partition coefficient (Wildman–Crippen LogP) is 5.54. The average molecular weight is 662 g/mol. The predicted molar refractivity (Wildman–Crippen MR) is 179 cm³/mol. The number of likely N-dealkylation sites (N-methyl/N-ethyl adjacent to an activating group) is 1. The SMILES string of the molecule is Cc1c(CN(C)C(=O)/C=C/c2cnc3c(c2)CCC(NC(=O)OC(C)(C)C)C(=O)N3)oc2cccc(OC3CCC(NC(=O)O)CC3)c12. The van der Waals surface area contributed by atoms with Gasteiger partial charge < -0.3 is 39.8 Å². The summed E-state index contributed by atoms with van der Waals surface area (Å²) < 4.78 is 17.8. The highest BCUT2D eigenvalue weighted by Gasteiger charge is 2.28. The van der Waals surface area contributed by atoms with E-state index in [9.17, 15) is 19.2 Å². The van der Waals surface area contributed by atoms with E-state index in [4.69, 9.17) is 19.0 Å². The molecule has 2 aliphatic rings. The zero-order valence-corrected chi connectivity index (χ0v) is 27.9. The van der Waals surface area contributed by atoms with Crippen LogP contribution in [0.25, 0.3) is 17.0 Å². The summed E-state index contributed by atoms with van der Waals surface area (Å²) >= 11 is 0. The molecule has 4 N–H and O–H groups in total. The summed E-state index contributed by atoms with van der Waals surface area (Å²) in [5.74, 6) is 1.17. The van der Waals surface area contributed by atoms with Crippen LogP contribution in [0.2, 0.25) is 0 Å². The van der Waals surface area contributed by atoms with E-state index in [0.29, 0.717) is 41.3 Å². The molecule has 2 aromatic heterocycles. The number of rotatable bonds is 8. The maximum atomic E-state index is 13.1. The molecule has 1 unspecified atom stereocenters. The van der Waals surface area contributed by atoms with Crippen LogP contribution in [0.5, 0.6) is 5.75 Å². The third kappa shape index (κ3) is 8.64. The summed E-state index contributed by atoms with van der Waals surface area (Å²) in [6.07, 6.45) is 6.80. The van der Waals surface area contributed by atoms with Gasteiger partial charge in [0.15, 0.2) is 0 Å². The minimum Gasteiger partial charge on any atom is -0.490 e. The first-order chi connectivity index (χ1) is 22.8. The number of pyridine rings is 1. The molecule has 1 saturated carbocycles. The van der Waals surface area contributed by atoms with Crippen LogP contribution in [-0.4, -0.2) is 69.8 Å². The fraction of sp³-hybridized carbons (Fsp3) is 0.457. The highest BCUT2D eigenvalue weighted by molar-refractivity contribution is 5.97. The molecule has 13 heteroatoms. The topological polar surface area (TPSA) is 172 Å². The molecule has 256 valence electrons. The maximum Gasteiger partial charge on any atom is 0.408 e. The number of benzene rings is 1. The summed E-state index contributed by atoms with van der Waals surface area (Å²) in [4.78, 5) is 54.9. The quantitative estimate of drug-likeness (QED) is 0.226. The molecule has 0 bridgehead atoms. The van der Waals surface area contributed by atoms with Gasteiger partial charge in [0.1, 0.15) is 34.6 Å². The lowest BCUT2D eigenvalue weighted by Crippen LogP contribution is -2.45. The van der Waals surface area contributed by atoms with E-state index in [1.807, 2.05) is 31.2 Å². The molecule has 3 aromatic rings. The standard InChI is InChI=1S/C35H43N5O8/c1-20-28(47-27-8-6-7-26(30(20)27)46-24-13-11-23(12-14-24)37-33(43)44)19-40(5)29(41)16-9-21-17-22-10-15-25(32(42)39-31(22)36-18-21)38-34(45)48-35(2,3)4/h6-9,16-18,23-25,37H,10-15,19H2,1-5H3,(H,38,45)(H,43,44)(H,36,39,42)/b16-9+.